The third-order valence-electron chi connectivity index (χ3n) is 8.44. The van der Waals surface area contributed by atoms with Gasteiger partial charge < -0.3 is 37.6 Å². The van der Waals surface area contributed by atoms with Gasteiger partial charge in [0.1, 0.15) is 17.6 Å². The maximum Gasteiger partial charge on any atom is 0.249 e. The van der Waals surface area contributed by atoms with Gasteiger partial charge in [0.05, 0.1) is 0 Å². The number of carbonyl (C=O) groups is 4. The van der Waals surface area contributed by atoms with E-state index < -0.39 is 17.6 Å². The molecule has 0 unspecified atom stereocenters. The third-order valence-corrected chi connectivity index (χ3v) is 8.44. The highest BCUT2D eigenvalue weighted by atomic mass is 16.2. The molecule has 8 N–H and O–H groups in total. The van der Waals surface area contributed by atoms with Gasteiger partial charge >= 0.3 is 0 Å². The number of aryl methyl sites for hydroxylation is 1. The zero-order valence-corrected chi connectivity index (χ0v) is 25.9. The van der Waals surface area contributed by atoms with Gasteiger partial charge in [-0.05, 0) is 69.9 Å². The van der Waals surface area contributed by atoms with Crippen LogP contribution >= 0.6 is 0 Å². The molecule has 0 aromatic heterocycles. The number of guanidine groups is 1. The predicted octanol–water partition coefficient (Wildman–Crippen LogP) is 0.897. The van der Waals surface area contributed by atoms with E-state index in [9.17, 15) is 19.2 Å². The molecule has 1 aromatic rings. The molecule has 1 aromatic carbocycles. The molecule has 12 heteroatoms. The maximum absolute atomic E-state index is 14.2. The molecular formula is C31H50N8O4. The second-order valence-electron chi connectivity index (χ2n) is 12.1. The van der Waals surface area contributed by atoms with Gasteiger partial charge in [-0.3, -0.25) is 24.2 Å². The Morgan fingerprint density at radius 1 is 1.05 bits per heavy atom. The molecule has 0 saturated carbocycles. The van der Waals surface area contributed by atoms with E-state index in [0.29, 0.717) is 77.7 Å². The molecule has 12 nitrogen and oxygen atoms in total. The number of hydrogen-bond donors (Lipinski definition) is 5. The van der Waals surface area contributed by atoms with E-state index in [1.165, 1.54) is 0 Å². The van der Waals surface area contributed by atoms with Crippen molar-refractivity contribution in [2.75, 3.05) is 26.2 Å². The molecule has 2 saturated heterocycles. The first-order valence-electron chi connectivity index (χ1n) is 15.5. The molecule has 2 aliphatic heterocycles. The minimum atomic E-state index is -1.02. The molecule has 238 valence electrons. The monoisotopic (exact) mass is 598 g/mol. The lowest BCUT2D eigenvalue weighted by Gasteiger charge is -2.37. The Kier molecular flexibility index (Phi) is 12.4. The van der Waals surface area contributed by atoms with E-state index in [4.69, 9.17) is 17.2 Å². The number of nitrogens with two attached hydrogens (primary N) is 3. The van der Waals surface area contributed by atoms with E-state index in [1.54, 1.807) is 9.80 Å². The molecule has 3 atom stereocenters. The first kappa shape index (κ1) is 33.8. The standard InChI is InChI=1S/C31H50N8O4/c1-21(2)26(27(41)36-20-23-12-10-22(3)11-13-23)38-19-15-31(29(38)43)14-7-18-39(31)28(42)24(8-6-17-35-30(33)34)37-25(40)9-4-5-16-32/h10-13,21,24,26H,4-9,14-20,32H2,1-3H3,(H,36,41)(H,37,40)(H4,33,34,35)/t24-,26-,31-/m0/s1. The number of hydrogen-bond acceptors (Lipinski definition) is 6. The Balaban J connectivity index is 1.75. The number of rotatable bonds is 15. The summed E-state index contributed by atoms with van der Waals surface area (Å²) in [5, 5.41) is 5.91. The average Bonchev–Trinajstić information content (AvgIpc) is 3.53. The van der Waals surface area contributed by atoms with Gasteiger partial charge in [-0.1, -0.05) is 43.7 Å². The van der Waals surface area contributed by atoms with Crippen molar-refractivity contribution in [1.29, 1.82) is 0 Å². The van der Waals surface area contributed by atoms with Crippen molar-refractivity contribution in [3.05, 3.63) is 35.4 Å². The van der Waals surface area contributed by atoms with E-state index in [-0.39, 0.29) is 41.9 Å². The summed E-state index contributed by atoms with van der Waals surface area (Å²) in [6, 6.07) is 6.48. The van der Waals surface area contributed by atoms with E-state index >= 15 is 0 Å². The van der Waals surface area contributed by atoms with E-state index in [1.807, 2.05) is 45.0 Å². The summed E-state index contributed by atoms with van der Waals surface area (Å²) in [7, 11) is 0. The smallest absolute Gasteiger partial charge is 0.249 e. The highest BCUT2D eigenvalue weighted by Gasteiger charge is 2.57. The van der Waals surface area contributed by atoms with Crippen LogP contribution in [-0.2, 0) is 25.7 Å². The predicted molar refractivity (Wildman–Crippen MR) is 166 cm³/mol. The quantitative estimate of drug-likeness (QED) is 0.113. The van der Waals surface area contributed by atoms with Crippen molar-refractivity contribution < 1.29 is 19.2 Å². The normalized spacial score (nSPS) is 19.5. The fraction of sp³-hybridized carbons (Fsp3) is 0.645. The van der Waals surface area contributed by atoms with Crippen LogP contribution in [0, 0.1) is 12.8 Å². The zero-order chi connectivity index (χ0) is 31.6. The minimum Gasteiger partial charge on any atom is -0.370 e. The van der Waals surface area contributed by atoms with Crippen molar-refractivity contribution in [3.63, 3.8) is 0 Å². The number of benzene rings is 1. The largest absolute Gasteiger partial charge is 0.370 e. The highest BCUT2D eigenvalue weighted by Crippen LogP contribution is 2.41. The fourth-order valence-corrected chi connectivity index (χ4v) is 6.18. The minimum absolute atomic E-state index is 0.0357. The van der Waals surface area contributed by atoms with Crippen LogP contribution in [0.15, 0.2) is 29.3 Å². The lowest BCUT2D eigenvalue weighted by Crippen LogP contribution is -2.60. The Hall–Kier alpha value is -3.67. The van der Waals surface area contributed by atoms with E-state index in [0.717, 1.165) is 11.1 Å². The summed E-state index contributed by atoms with van der Waals surface area (Å²) >= 11 is 0. The van der Waals surface area contributed by atoms with Crippen LogP contribution in [0.4, 0.5) is 0 Å². The molecule has 2 heterocycles. The summed E-state index contributed by atoms with van der Waals surface area (Å²) in [6.07, 6.45) is 4.05. The van der Waals surface area contributed by atoms with Gasteiger partial charge in [0.25, 0.3) is 0 Å². The van der Waals surface area contributed by atoms with Gasteiger partial charge in [-0.15, -0.1) is 0 Å². The molecule has 3 rings (SSSR count). The second kappa shape index (κ2) is 15.7. The van der Waals surface area contributed by atoms with Crippen LogP contribution in [0.2, 0.25) is 0 Å². The SMILES string of the molecule is Cc1ccc(CNC(=O)[C@H](C(C)C)N2CC[C@@]3(CCCN3C(=O)[C@H](CCCN=C(N)N)NC(=O)CCCCN)C2=O)cc1. The fourth-order valence-electron chi connectivity index (χ4n) is 6.18. The van der Waals surface area contributed by atoms with Gasteiger partial charge in [0, 0.05) is 32.6 Å². The van der Waals surface area contributed by atoms with Crippen molar-refractivity contribution in [2.24, 2.45) is 28.1 Å². The molecule has 4 amide bonds. The molecule has 1 spiro atoms. The average molecular weight is 599 g/mol. The highest BCUT2D eigenvalue weighted by molar-refractivity contribution is 5.98. The summed E-state index contributed by atoms with van der Waals surface area (Å²) in [5.74, 6) is -1.08. The van der Waals surface area contributed by atoms with Gasteiger partial charge in [-0.2, -0.15) is 0 Å². The zero-order valence-electron chi connectivity index (χ0n) is 25.9. The summed E-state index contributed by atoms with van der Waals surface area (Å²) in [6.45, 7) is 7.84. The van der Waals surface area contributed by atoms with Crippen LogP contribution in [0.1, 0.15) is 76.3 Å². The second-order valence-corrected chi connectivity index (χ2v) is 12.1. The number of carbonyl (C=O) groups excluding carboxylic acids is 4. The van der Waals surface area contributed by atoms with Crippen molar-refractivity contribution in [2.45, 2.75) is 96.3 Å². The Bertz CT molecular complexity index is 1150. The first-order valence-corrected chi connectivity index (χ1v) is 15.5. The lowest BCUT2D eigenvalue weighted by molar-refractivity contribution is -0.151. The molecule has 0 bridgehead atoms. The Morgan fingerprint density at radius 3 is 2.42 bits per heavy atom. The van der Waals surface area contributed by atoms with Crippen LogP contribution < -0.4 is 27.8 Å². The van der Waals surface area contributed by atoms with Gasteiger partial charge in [-0.25, -0.2) is 0 Å². The van der Waals surface area contributed by atoms with Crippen molar-refractivity contribution in [1.82, 2.24) is 20.4 Å². The van der Waals surface area contributed by atoms with Crippen molar-refractivity contribution in [3.8, 4) is 0 Å². The molecule has 43 heavy (non-hydrogen) atoms. The topological polar surface area (TPSA) is 189 Å². The molecule has 2 fully saturated rings. The third kappa shape index (κ3) is 8.68. The maximum atomic E-state index is 14.2. The Morgan fingerprint density at radius 2 is 1.77 bits per heavy atom. The number of aliphatic imine (C=N–C) groups is 1. The first-order chi connectivity index (χ1) is 20.5. The van der Waals surface area contributed by atoms with Crippen LogP contribution in [-0.4, -0.2) is 83.2 Å². The number of amides is 4. The summed E-state index contributed by atoms with van der Waals surface area (Å²) in [4.78, 5) is 61.7. The summed E-state index contributed by atoms with van der Waals surface area (Å²) in [5.41, 5.74) is 17.6. The Labute approximate surface area is 255 Å². The number of nitrogens with zero attached hydrogens (tertiary/aromatic N) is 3. The molecule has 2 aliphatic rings. The summed E-state index contributed by atoms with van der Waals surface area (Å²) < 4.78 is 0. The van der Waals surface area contributed by atoms with E-state index in [2.05, 4.69) is 15.6 Å². The number of likely N-dealkylation sites (tertiary alicyclic amines) is 2. The van der Waals surface area contributed by atoms with Gasteiger partial charge in [0.15, 0.2) is 5.96 Å². The number of unbranched alkanes of at least 4 members (excludes halogenated alkanes) is 1. The molecule has 0 radical (unpaired) electrons. The van der Waals surface area contributed by atoms with Crippen LogP contribution in [0.3, 0.4) is 0 Å². The van der Waals surface area contributed by atoms with Gasteiger partial charge in [0.2, 0.25) is 23.6 Å². The molecule has 0 aliphatic carbocycles. The van der Waals surface area contributed by atoms with Crippen LogP contribution in [0.5, 0.6) is 0 Å². The van der Waals surface area contributed by atoms with Crippen LogP contribution in [0.25, 0.3) is 0 Å². The lowest BCUT2D eigenvalue weighted by atomic mass is 9.92. The van der Waals surface area contributed by atoms with Crippen molar-refractivity contribution >= 4 is 29.6 Å². The number of nitrogens with one attached hydrogen (secondary N) is 2. The molecular weight excluding hydrogens is 548 g/mol.